The minimum Gasteiger partial charge on any atom is -0.516 e. The Morgan fingerprint density at radius 2 is 2.00 bits per heavy atom. The van der Waals surface area contributed by atoms with Gasteiger partial charge >= 0.3 is 10.0 Å². The first-order valence-electron chi connectivity index (χ1n) is 4.33. The maximum atomic E-state index is 5.61. The van der Waals surface area contributed by atoms with E-state index in [-0.39, 0.29) is 16.1 Å². The van der Waals surface area contributed by atoms with E-state index >= 15 is 0 Å². The minimum atomic E-state index is -0.0642. The average molecular weight is 451 g/mol. The van der Waals surface area contributed by atoms with Gasteiger partial charge in [0.15, 0.2) is 0 Å². The van der Waals surface area contributed by atoms with Crippen LogP contribution in [0.1, 0.15) is 6.92 Å². The van der Waals surface area contributed by atoms with E-state index in [1.807, 2.05) is 19.1 Å². The molecule has 1 aromatic rings. The first kappa shape index (κ1) is 15.0. The summed E-state index contributed by atoms with van der Waals surface area (Å²) in [7, 11) is -0.0642. The zero-order valence-corrected chi connectivity index (χ0v) is 14.8. The second kappa shape index (κ2) is 7.38. The average Bonchev–Trinajstić information content (AvgIpc) is 2.29. The molecule has 0 aliphatic carbocycles. The Labute approximate surface area is 127 Å². The normalized spacial score (nSPS) is 12.6. The van der Waals surface area contributed by atoms with Crippen molar-refractivity contribution in [2.75, 3.05) is 5.88 Å². The number of hydrogen-bond acceptors (Lipinski definition) is 2. The molecule has 0 fully saturated rings. The second-order valence-corrected chi connectivity index (χ2v) is 6.30. The van der Waals surface area contributed by atoms with Crippen LogP contribution >= 0.6 is 59.4 Å². The Bertz CT molecular complexity index is 365. The molecule has 2 radical (unpaired) electrons. The van der Waals surface area contributed by atoms with Crippen LogP contribution in [-0.4, -0.2) is 22.0 Å². The van der Waals surface area contributed by atoms with Crippen LogP contribution in [0.25, 0.3) is 0 Å². The van der Waals surface area contributed by atoms with Crippen molar-refractivity contribution in [3.63, 3.8) is 0 Å². The lowest BCUT2D eigenvalue weighted by atomic mass is 10.3. The maximum Gasteiger partial charge on any atom is 0.521 e. The predicted octanol–water partition coefficient (Wildman–Crippen LogP) is 4.53. The molecular formula is C9H8Br3ClO2Si. The summed E-state index contributed by atoms with van der Waals surface area (Å²) in [5.41, 5.74) is 0. The summed E-state index contributed by atoms with van der Waals surface area (Å²) in [6, 6.07) is 3.76. The van der Waals surface area contributed by atoms with Crippen molar-refractivity contribution in [3.8, 4) is 5.75 Å². The van der Waals surface area contributed by atoms with Gasteiger partial charge in [-0.25, -0.2) is 0 Å². The van der Waals surface area contributed by atoms with Crippen LogP contribution in [0, 0.1) is 0 Å². The molecule has 0 bridgehead atoms. The van der Waals surface area contributed by atoms with E-state index in [1.165, 1.54) is 0 Å². The lowest BCUT2D eigenvalue weighted by Gasteiger charge is -2.11. The van der Waals surface area contributed by atoms with Crippen LogP contribution in [0.4, 0.5) is 0 Å². The molecule has 7 heteroatoms. The lowest BCUT2D eigenvalue weighted by Crippen LogP contribution is -2.17. The summed E-state index contributed by atoms with van der Waals surface area (Å²) >= 11 is 15.9. The van der Waals surface area contributed by atoms with Crippen molar-refractivity contribution in [2.45, 2.75) is 13.0 Å². The van der Waals surface area contributed by atoms with E-state index in [4.69, 9.17) is 20.5 Å². The zero-order chi connectivity index (χ0) is 12.1. The fourth-order valence-electron chi connectivity index (χ4n) is 0.770. The molecule has 0 aliphatic heterocycles. The molecule has 0 N–H and O–H groups in total. The quantitative estimate of drug-likeness (QED) is 0.372. The number of hydrogen-bond donors (Lipinski definition) is 0. The Kier molecular flexibility index (Phi) is 6.91. The Morgan fingerprint density at radius 3 is 2.62 bits per heavy atom. The number of alkyl halides is 1. The highest BCUT2D eigenvalue weighted by molar-refractivity contribution is 9.14. The van der Waals surface area contributed by atoms with Crippen molar-refractivity contribution in [2.24, 2.45) is 0 Å². The molecule has 0 aliphatic rings. The number of benzene rings is 1. The van der Waals surface area contributed by atoms with Gasteiger partial charge in [-0.2, -0.15) is 0 Å². The van der Waals surface area contributed by atoms with Gasteiger partial charge in [-0.05, 0) is 66.8 Å². The van der Waals surface area contributed by atoms with Crippen molar-refractivity contribution in [1.82, 2.24) is 0 Å². The minimum absolute atomic E-state index is 0.00216. The van der Waals surface area contributed by atoms with Crippen LogP contribution in [0.15, 0.2) is 25.6 Å². The fourth-order valence-corrected chi connectivity index (χ4v) is 2.99. The molecule has 2 nitrogen and oxygen atoms in total. The van der Waals surface area contributed by atoms with Gasteiger partial charge in [0.2, 0.25) is 0 Å². The highest BCUT2D eigenvalue weighted by Crippen LogP contribution is 2.37. The molecule has 1 unspecified atom stereocenters. The molecule has 0 amide bonds. The summed E-state index contributed by atoms with van der Waals surface area (Å²) < 4.78 is 13.6. The lowest BCUT2D eigenvalue weighted by molar-refractivity contribution is 0.225. The molecule has 88 valence electrons. The third-order valence-corrected chi connectivity index (χ3v) is 6.19. The number of halogens is 4. The third-order valence-electron chi connectivity index (χ3n) is 1.62. The van der Waals surface area contributed by atoms with Crippen LogP contribution in [0.5, 0.6) is 5.75 Å². The molecular weight excluding hydrogens is 443 g/mol. The molecule has 1 atom stereocenters. The molecule has 0 heterocycles. The smallest absolute Gasteiger partial charge is 0.516 e. The zero-order valence-electron chi connectivity index (χ0n) is 8.27. The molecule has 0 saturated carbocycles. The highest BCUT2D eigenvalue weighted by Gasteiger charge is 2.10. The number of rotatable bonds is 5. The summed E-state index contributed by atoms with van der Waals surface area (Å²) in [4.78, 5) is 0. The van der Waals surface area contributed by atoms with Gasteiger partial charge in [0.1, 0.15) is 5.75 Å². The van der Waals surface area contributed by atoms with Gasteiger partial charge < -0.3 is 8.85 Å². The largest absolute Gasteiger partial charge is 0.521 e. The van der Waals surface area contributed by atoms with E-state index in [9.17, 15) is 0 Å². The molecule has 16 heavy (non-hydrogen) atoms. The van der Waals surface area contributed by atoms with Crippen molar-refractivity contribution in [3.05, 3.63) is 25.6 Å². The van der Waals surface area contributed by atoms with Crippen LogP contribution in [0.2, 0.25) is 0 Å². The van der Waals surface area contributed by atoms with Crippen LogP contribution in [0.3, 0.4) is 0 Å². The molecule has 0 spiro atoms. The van der Waals surface area contributed by atoms with Crippen LogP contribution in [-0.2, 0) is 4.43 Å². The second-order valence-electron chi connectivity index (χ2n) is 2.94. The van der Waals surface area contributed by atoms with Gasteiger partial charge in [-0.1, -0.05) is 0 Å². The Morgan fingerprint density at radius 1 is 1.31 bits per heavy atom. The SMILES string of the molecule is CC(CCl)O[Si]Oc1ccc(Br)c(Br)c1Br. The van der Waals surface area contributed by atoms with E-state index in [0.717, 1.165) is 19.2 Å². The topological polar surface area (TPSA) is 18.5 Å². The predicted molar refractivity (Wildman–Crippen MR) is 77.2 cm³/mol. The maximum absolute atomic E-state index is 5.61. The third kappa shape index (κ3) is 4.31. The summed E-state index contributed by atoms with van der Waals surface area (Å²) in [5, 5.41) is 0. The molecule has 0 aromatic heterocycles. The Balaban J connectivity index is 2.58. The monoisotopic (exact) mass is 448 g/mol. The summed E-state index contributed by atoms with van der Waals surface area (Å²) in [6.07, 6.45) is -0.00216. The van der Waals surface area contributed by atoms with Crippen LogP contribution < -0.4 is 4.43 Å². The van der Waals surface area contributed by atoms with Crippen molar-refractivity contribution in [1.29, 1.82) is 0 Å². The summed E-state index contributed by atoms with van der Waals surface area (Å²) in [5.74, 6) is 1.19. The Hall–Kier alpha value is 0.927. The molecule has 1 rings (SSSR count). The van der Waals surface area contributed by atoms with E-state index in [1.54, 1.807) is 0 Å². The standard InChI is InChI=1S/C9H8Br3ClO2Si/c1-5(4-13)14-16-15-7-3-2-6(10)8(11)9(7)12/h2-3,5H,4H2,1H3. The first-order valence-corrected chi connectivity index (χ1v) is 8.06. The van der Waals surface area contributed by atoms with Gasteiger partial charge in [0.05, 0.1) is 10.6 Å². The summed E-state index contributed by atoms with van der Waals surface area (Å²) in [6.45, 7) is 1.90. The van der Waals surface area contributed by atoms with Gasteiger partial charge in [-0.15, -0.1) is 11.6 Å². The fraction of sp³-hybridized carbons (Fsp3) is 0.333. The molecule has 1 aromatic carbocycles. The first-order chi connectivity index (χ1) is 7.56. The van der Waals surface area contributed by atoms with Crippen molar-refractivity contribution < 1.29 is 8.85 Å². The van der Waals surface area contributed by atoms with Crippen molar-refractivity contribution >= 4 is 69.4 Å². The van der Waals surface area contributed by atoms with E-state index in [2.05, 4.69) is 47.8 Å². The van der Waals surface area contributed by atoms with E-state index in [0.29, 0.717) is 5.88 Å². The van der Waals surface area contributed by atoms with Gasteiger partial charge in [0, 0.05) is 14.8 Å². The highest BCUT2D eigenvalue weighted by atomic mass is 79.9. The van der Waals surface area contributed by atoms with Gasteiger partial charge in [0.25, 0.3) is 0 Å². The van der Waals surface area contributed by atoms with Gasteiger partial charge in [-0.3, -0.25) is 0 Å². The molecule has 0 saturated heterocycles. The van der Waals surface area contributed by atoms with E-state index < -0.39 is 0 Å².